The molecule has 0 spiro atoms. The minimum absolute atomic E-state index is 0.0349. The SMILES string of the molecule is CC(C)NC(=O)CN1CCN(c2ccc3nnc(C(F)(F)F)n3n2)CC1. The summed E-state index contributed by atoms with van der Waals surface area (Å²) in [6.45, 7) is 6.49. The van der Waals surface area contributed by atoms with Crippen molar-refractivity contribution in [1.29, 1.82) is 0 Å². The molecular formula is C15H20F3N7O. The third kappa shape index (κ3) is 4.03. The molecule has 1 amide bonds. The van der Waals surface area contributed by atoms with Gasteiger partial charge in [-0.2, -0.15) is 17.7 Å². The average Bonchev–Trinajstić information content (AvgIpc) is 2.98. The van der Waals surface area contributed by atoms with Gasteiger partial charge in [0.15, 0.2) is 5.65 Å². The Kier molecular flexibility index (Phi) is 4.99. The predicted octanol–water partition coefficient (Wildman–Crippen LogP) is 0.790. The molecule has 2 aromatic heterocycles. The first-order valence-electron chi connectivity index (χ1n) is 8.30. The van der Waals surface area contributed by atoms with Crippen molar-refractivity contribution in [3.8, 4) is 0 Å². The summed E-state index contributed by atoms with van der Waals surface area (Å²) in [6.07, 6.45) is -4.62. The van der Waals surface area contributed by atoms with Crippen LogP contribution < -0.4 is 10.2 Å². The molecule has 2 aromatic rings. The monoisotopic (exact) mass is 371 g/mol. The second-order valence-electron chi connectivity index (χ2n) is 6.47. The fourth-order valence-electron chi connectivity index (χ4n) is 2.83. The number of nitrogens with one attached hydrogen (secondary N) is 1. The molecule has 3 rings (SSSR count). The fraction of sp³-hybridized carbons (Fsp3) is 0.600. The molecule has 0 atom stereocenters. The maximum atomic E-state index is 13.0. The first-order chi connectivity index (χ1) is 12.2. The van der Waals surface area contributed by atoms with Crippen LogP contribution in [0, 0.1) is 0 Å². The van der Waals surface area contributed by atoms with Crippen LogP contribution in [-0.4, -0.2) is 69.4 Å². The zero-order valence-electron chi connectivity index (χ0n) is 14.5. The summed E-state index contributed by atoms with van der Waals surface area (Å²) in [5.74, 6) is -0.750. The summed E-state index contributed by atoms with van der Waals surface area (Å²) in [4.78, 5) is 15.7. The van der Waals surface area contributed by atoms with Crippen LogP contribution in [-0.2, 0) is 11.0 Å². The summed E-state index contributed by atoms with van der Waals surface area (Å²) >= 11 is 0. The number of nitrogens with zero attached hydrogens (tertiary/aromatic N) is 6. The van der Waals surface area contributed by atoms with Gasteiger partial charge in [-0.1, -0.05) is 0 Å². The van der Waals surface area contributed by atoms with Gasteiger partial charge in [0.1, 0.15) is 5.82 Å². The second-order valence-corrected chi connectivity index (χ2v) is 6.47. The molecule has 8 nitrogen and oxygen atoms in total. The van der Waals surface area contributed by atoms with Crippen LogP contribution in [0.3, 0.4) is 0 Å². The minimum atomic E-state index is -4.62. The highest BCUT2D eigenvalue weighted by atomic mass is 19.4. The van der Waals surface area contributed by atoms with E-state index in [1.807, 2.05) is 23.6 Å². The number of piperazine rings is 1. The number of amides is 1. The van der Waals surface area contributed by atoms with Crippen LogP contribution in [0.1, 0.15) is 19.7 Å². The number of hydrogen-bond acceptors (Lipinski definition) is 6. The van der Waals surface area contributed by atoms with Crippen LogP contribution in [0.15, 0.2) is 12.1 Å². The van der Waals surface area contributed by atoms with Crippen LogP contribution in [0.4, 0.5) is 19.0 Å². The predicted molar refractivity (Wildman–Crippen MR) is 87.7 cm³/mol. The first-order valence-corrected chi connectivity index (χ1v) is 8.30. The molecule has 0 aromatic carbocycles. The zero-order valence-corrected chi connectivity index (χ0v) is 14.5. The van der Waals surface area contributed by atoms with Crippen LogP contribution in [0.5, 0.6) is 0 Å². The molecule has 1 fully saturated rings. The van der Waals surface area contributed by atoms with Gasteiger partial charge in [-0.3, -0.25) is 9.69 Å². The van der Waals surface area contributed by atoms with Crippen molar-refractivity contribution in [3.63, 3.8) is 0 Å². The van der Waals surface area contributed by atoms with Crippen molar-refractivity contribution in [2.75, 3.05) is 37.6 Å². The summed E-state index contributed by atoms with van der Waals surface area (Å²) in [7, 11) is 0. The number of anilines is 1. The van der Waals surface area contributed by atoms with E-state index in [9.17, 15) is 18.0 Å². The van der Waals surface area contributed by atoms with Gasteiger partial charge >= 0.3 is 6.18 Å². The lowest BCUT2D eigenvalue weighted by Crippen LogP contribution is -2.50. The van der Waals surface area contributed by atoms with E-state index >= 15 is 0 Å². The Morgan fingerprint density at radius 3 is 2.50 bits per heavy atom. The van der Waals surface area contributed by atoms with E-state index in [1.54, 1.807) is 6.07 Å². The number of alkyl halides is 3. The van der Waals surface area contributed by atoms with Crippen LogP contribution in [0.2, 0.25) is 0 Å². The molecule has 0 saturated carbocycles. The Morgan fingerprint density at radius 1 is 1.19 bits per heavy atom. The number of rotatable bonds is 4. The third-order valence-electron chi connectivity index (χ3n) is 4.02. The van der Waals surface area contributed by atoms with Gasteiger partial charge in [-0.25, -0.2) is 0 Å². The summed E-state index contributed by atoms with van der Waals surface area (Å²) < 4.78 is 39.6. The number of fused-ring (bicyclic) bond motifs is 1. The molecule has 0 bridgehead atoms. The number of aromatic nitrogens is 4. The molecule has 142 valence electrons. The highest BCUT2D eigenvalue weighted by Crippen LogP contribution is 2.28. The lowest BCUT2D eigenvalue weighted by molar-refractivity contribution is -0.146. The Balaban J connectivity index is 1.67. The van der Waals surface area contributed by atoms with E-state index < -0.39 is 12.0 Å². The van der Waals surface area contributed by atoms with Gasteiger partial charge < -0.3 is 10.2 Å². The maximum Gasteiger partial charge on any atom is 0.453 e. The smallest absolute Gasteiger partial charge is 0.353 e. The molecule has 1 aliphatic heterocycles. The number of hydrogen-bond donors (Lipinski definition) is 1. The molecule has 1 aliphatic rings. The molecule has 1 N–H and O–H groups in total. The topological polar surface area (TPSA) is 78.7 Å². The summed E-state index contributed by atoms with van der Waals surface area (Å²) in [5, 5.41) is 13.6. The fourth-order valence-corrected chi connectivity index (χ4v) is 2.83. The molecule has 0 radical (unpaired) electrons. The largest absolute Gasteiger partial charge is 0.453 e. The van der Waals surface area contributed by atoms with Crippen molar-refractivity contribution >= 4 is 17.4 Å². The number of carbonyl (C=O) groups is 1. The van der Waals surface area contributed by atoms with E-state index in [2.05, 4.69) is 20.6 Å². The zero-order chi connectivity index (χ0) is 18.9. The maximum absolute atomic E-state index is 13.0. The molecule has 26 heavy (non-hydrogen) atoms. The second kappa shape index (κ2) is 7.06. The van der Waals surface area contributed by atoms with Gasteiger partial charge in [-0.05, 0) is 26.0 Å². The van der Waals surface area contributed by atoms with Crippen molar-refractivity contribution < 1.29 is 18.0 Å². The average molecular weight is 371 g/mol. The van der Waals surface area contributed by atoms with E-state index in [4.69, 9.17) is 0 Å². The van der Waals surface area contributed by atoms with E-state index in [0.717, 1.165) is 4.52 Å². The summed E-state index contributed by atoms with van der Waals surface area (Å²) in [6, 6.07) is 3.18. The highest BCUT2D eigenvalue weighted by molar-refractivity contribution is 5.78. The van der Waals surface area contributed by atoms with E-state index in [-0.39, 0.29) is 17.6 Å². The number of carbonyl (C=O) groups excluding carboxylic acids is 1. The Labute approximate surface area is 148 Å². The highest BCUT2D eigenvalue weighted by Gasteiger charge is 2.37. The lowest BCUT2D eigenvalue weighted by atomic mass is 10.3. The normalized spacial score (nSPS) is 16.5. The van der Waals surface area contributed by atoms with Gasteiger partial charge in [0.2, 0.25) is 5.91 Å². The summed E-state index contributed by atoms with van der Waals surface area (Å²) in [5.41, 5.74) is 0.0464. The van der Waals surface area contributed by atoms with Gasteiger partial charge in [0.05, 0.1) is 6.54 Å². The van der Waals surface area contributed by atoms with Gasteiger partial charge in [-0.15, -0.1) is 15.3 Å². The van der Waals surface area contributed by atoms with Crippen molar-refractivity contribution in [1.82, 2.24) is 30.0 Å². The number of halogens is 3. The first kappa shape index (κ1) is 18.4. The van der Waals surface area contributed by atoms with E-state index in [1.165, 1.54) is 6.07 Å². The molecule has 11 heteroatoms. The third-order valence-corrected chi connectivity index (χ3v) is 4.02. The lowest BCUT2D eigenvalue weighted by Gasteiger charge is -2.35. The quantitative estimate of drug-likeness (QED) is 0.856. The van der Waals surface area contributed by atoms with Gasteiger partial charge in [0, 0.05) is 32.2 Å². The molecule has 3 heterocycles. The van der Waals surface area contributed by atoms with Crippen molar-refractivity contribution in [2.24, 2.45) is 0 Å². The molecule has 0 unspecified atom stereocenters. The van der Waals surface area contributed by atoms with Crippen LogP contribution in [0.25, 0.3) is 5.65 Å². The minimum Gasteiger partial charge on any atom is -0.353 e. The molecule has 0 aliphatic carbocycles. The Bertz CT molecular complexity index is 781. The molecule has 1 saturated heterocycles. The van der Waals surface area contributed by atoms with Gasteiger partial charge in [0.25, 0.3) is 5.82 Å². The Hall–Kier alpha value is -2.43. The van der Waals surface area contributed by atoms with E-state index in [0.29, 0.717) is 38.5 Å². The van der Waals surface area contributed by atoms with Crippen LogP contribution >= 0.6 is 0 Å². The Morgan fingerprint density at radius 2 is 1.88 bits per heavy atom. The molecular weight excluding hydrogens is 351 g/mol. The van der Waals surface area contributed by atoms with Crippen molar-refractivity contribution in [2.45, 2.75) is 26.1 Å². The standard InChI is InChI=1S/C15H20F3N7O/c1-10(2)19-13(26)9-23-5-7-24(8-6-23)12-4-3-11-20-21-14(15(16,17)18)25(11)22-12/h3-4,10H,5-9H2,1-2H3,(H,19,26). The van der Waals surface area contributed by atoms with Crippen molar-refractivity contribution in [3.05, 3.63) is 18.0 Å².